The van der Waals surface area contributed by atoms with Gasteiger partial charge in [0, 0.05) is 41.2 Å². The Morgan fingerprint density at radius 3 is 2.42 bits per heavy atom. The van der Waals surface area contributed by atoms with Crippen LogP contribution in [0.3, 0.4) is 0 Å². The Kier molecular flexibility index (Phi) is 5.10. The number of fused-ring (bicyclic) bond motifs is 1. The molecule has 1 atom stereocenters. The van der Waals surface area contributed by atoms with Crippen LogP contribution in [-0.2, 0) is 4.79 Å². The molecule has 1 aliphatic rings. The van der Waals surface area contributed by atoms with E-state index in [9.17, 15) is 14.9 Å². The number of carbonyl (C=O) groups is 1. The molecule has 1 N–H and O–H groups in total. The van der Waals surface area contributed by atoms with Crippen LogP contribution in [0.5, 0.6) is 5.75 Å². The Hall–Kier alpha value is -4.46. The number of para-hydroxylation sites is 1. The van der Waals surface area contributed by atoms with Crippen molar-refractivity contribution in [3.63, 3.8) is 0 Å². The summed E-state index contributed by atoms with van der Waals surface area (Å²) in [6, 6.07) is 23.5. The highest BCUT2D eigenvalue weighted by molar-refractivity contribution is 5.97. The minimum Gasteiger partial charge on any atom is -0.496 e. The lowest BCUT2D eigenvalue weighted by Crippen LogP contribution is -2.25. The molecule has 8 nitrogen and oxygen atoms in total. The standard InChI is InChI=1S/C25H20N4O4/c1-33-21-10-6-5-9-19(21)20-15-22(30)26-25-23(20)24(16-7-3-2-4-8-16)27-28(25)17-11-13-18(14-12-17)29(31)32/h2-14,20H,15H2,1H3,(H,26,30)/t20-/m1/s1. The van der Waals surface area contributed by atoms with Crippen molar-refractivity contribution in [2.75, 3.05) is 12.4 Å². The van der Waals surface area contributed by atoms with Crippen molar-refractivity contribution >= 4 is 17.4 Å². The van der Waals surface area contributed by atoms with Crippen LogP contribution in [0.2, 0.25) is 0 Å². The number of methoxy groups -OCH3 is 1. The third kappa shape index (κ3) is 3.61. The number of nitrogens with zero attached hydrogens (tertiary/aromatic N) is 3. The SMILES string of the molecule is COc1ccccc1[C@H]1CC(=O)Nc2c1c(-c1ccccc1)nn2-c1ccc([N+](=O)[O-])cc1. The molecule has 164 valence electrons. The molecule has 0 saturated carbocycles. The quantitative estimate of drug-likeness (QED) is 0.350. The first-order chi connectivity index (χ1) is 16.1. The molecule has 4 aromatic rings. The lowest BCUT2D eigenvalue weighted by Gasteiger charge is -2.26. The lowest BCUT2D eigenvalue weighted by atomic mass is 9.84. The van der Waals surface area contributed by atoms with Crippen LogP contribution in [0.4, 0.5) is 11.5 Å². The van der Waals surface area contributed by atoms with Crippen molar-refractivity contribution in [2.24, 2.45) is 0 Å². The van der Waals surface area contributed by atoms with E-state index < -0.39 is 4.92 Å². The zero-order valence-electron chi connectivity index (χ0n) is 17.8. The summed E-state index contributed by atoms with van der Waals surface area (Å²) in [5.74, 6) is 0.841. The number of aromatic nitrogens is 2. The van der Waals surface area contributed by atoms with Gasteiger partial charge in [-0.1, -0.05) is 48.5 Å². The molecule has 0 radical (unpaired) electrons. The molecule has 0 bridgehead atoms. The number of amides is 1. The van der Waals surface area contributed by atoms with Crippen LogP contribution < -0.4 is 10.1 Å². The largest absolute Gasteiger partial charge is 0.496 e. The van der Waals surface area contributed by atoms with E-state index in [0.29, 0.717) is 17.3 Å². The lowest BCUT2D eigenvalue weighted by molar-refractivity contribution is -0.384. The Labute approximate surface area is 189 Å². The number of hydrogen-bond donors (Lipinski definition) is 1. The molecule has 5 rings (SSSR count). The van der Waals surface area contributed by atoms with Gasteiger partial charge in [0.15, 0.2) is 0 Å². The number of rotatable bonds is 5. The fraction of sp³-hybridized carbons (Fsp3) is 0.120. The zero-order chi connectivity index (χ0) is 22.9. The van der Waals surface area contributed by atoms with Crippen molar-refractivity contribution in [1.82, 2.24) is 9.78 Å². The smallest absolute Gasteiger partial charge is 0.269 e. The first kappa shape index (κ1) is 20.4. The molecule has 0 unspecified atom stereocenters. The van der Waals surface area contributed by atoms with Gasteiger partial charge in [0.2, 0.25) is 5.91 Å². The van der Waals surface area contributed by atoms with Crippen molar-refractivity contribution in [1.29, 1.82) is 0 Å². The van der Waals surface area contributed by atoms with E-state index >= 15 is 0 Å². The summed E-state index contributed by atoms with van der Waals surface area (Å²) in [4.78, 5) is 23.4. The van der Waals surface area contributed by atoms with Gasteiger partial charge in [0.1, 0.15) is 11.6 Å². The van der Waals surface area contributed by atoms with E-state index in [-0.39, 0.29) is 23.9 Å². The van der Waals surface area contributed by atoms with Crippen molar-refractivity contribution in [3.8, 4) is 22.7 Å². The molecule has 1 amide bonds. The van der Waals surface area contributed by atoms with E-state index in [1.807, 2.05) is 54.6 Å². The highest BCUT2D eigenvalue weighted by Gasteiger charge is 2.35. The molecule has 0 aliphatic carbocycles. The number of carbonyl (C=O) groups excluding carboxylic acids is 1. The minimum atomic E-state index is -0.447. The highest BCUT2D eigenvalue weighted by atomic mass is 16.6. The van der Waals surface area contributed by atoms with E-state index in [0.717, 1.165) is 22.4 Å². The molecule has 1 aliphatic heterocycles. The summed E-state index contributed by atoms with van der Waals surface area (Å²) >= 11 is 0. The highest BCUT2D eigenvalue weighted by Crippen LogP contribution is 2.46. The fourth-order valence-corrected chi connectivity index (χ4v) is 4.28. The van der Waals surface area contributed by atoms with Gasteiger partial charge in [0.25, 0.3) is 5.69 Å². The molecule has 0 spiro atoms. The number of hydrogen-bond acceptors (Lipinski definition) is 5. The van der Waals surface area contributed by atoms with Gasteiger partial charge in [0.05, 0.1) is 23.4 Å². The molecule has 0 saturated heterocycles. The maximum absolute atomic E-state index is 12.8. The first-order valence-electron chi connectivity index (χ1n) is 10.4. The second-order valence-electron chi connectivity index (χ2n) is 7.71. The van der Waals surface area contributed by atoms with E-state index in [2.05, 4.69) is 5.32 Å². The fourth-order valence-electron chi connectivity index (χ4n) is 4.28. The first-order valence-corrected chi connectivity index (χ1v) is 10.4. The summed E-state index contributed by atoms with van der Waals surface area (Å²) in [5.41, 5.74) is 4.02. The third-order valence-electron chi connectivity index (χ3n) is 5.78. The number of benzene rings is 3. The summed E-state index contributed by atoms with van der Waals surface area (Å²) in [6.07, 6.45) is 0.249. The number of ether oxygens (including phenoxy) is 1. The van der Waals surface area contributed by atoms with Gasteiger partial charge in [-0.2, -0.15) is 5.10 Å². The number of nitrogens with one attached hydrogen (secondary N) is 1. The van der Waals surface area contributed by atoms with Gasteiger partial charge < -0.3 is 10.1 Å². The van der Waals surface area contributed by atoms with Gasteiger partial charge in [-0.05, 0) is 18.2 Å². The zero-order valence-corrected chi connectivity index (χ0v) is 17.8. The Morgan fingerprint density at radius 1 is 1.03 bits per heavy atom. The average molecular weight is 440 g/mol. The topological polar surface area (TPSA) is 99.3 Å². The number of anilines is 1. The number of nitro groups is 1. The van der Waals surface area contributed by atoms with Gasteiger partial charge >= 0.3 is 0 Å². The average Bonchev–Trinajstić information content (AvgIpc) is 3.23. The normalized spacial score (nSPS) is 14.9. The Balaban J connectivity index is 1.75. The Morgan fingerprint density at radius 2 is 1.73 bits per heavy atom. The molecule has 2 heterocycles. The monoisotopic (exact) mass is 440 g/mol. The molecule has 3 aromatic carbocycles. The number of nitro benzene ring substituents is 1. The second kappa shape index (κ2) is 8.23. The molecular weight excluding hydrogens is 420 g/mol. The van der Waals surface area contributed by atoms with Crippen LogP contribution in [0, 0.1) is 10.1 Å². The van der Waals surface area contributed by atoms with Gasteiger partial charge in [-0.15, -0.1) is 0 Å². The maximum atomic E-state index is 12.8. The predicted octanol–water partition coefficient (Wildman–Crippen LogP) is 4.93. The Bertz CT molecular complexity index is 1350. The molecule has 33 heavy (non-hydrogen) atoms. The summed E-state index contributed by atoms with van der Waals surface area (Å²) < 4.78 is 7.24. The van der Waals surface area contributed by atoms with Gasteiger partial charge in [-0.3, -0.25) is 14.9 Å². The molecular formula is C25H20N4O4. The second-order valence-corrected chi connectivity index (χ2v) is 7.71. The van der Waals surface area contributed by atoms with Crippen molar-refractivity contribution in [2.45, 2.75) is 12.3 Å². The van der Waals surface area contributed by atoms with E-state index in [4.69, 9.17) is 9.84 Å². The third-order valence-corrected chi connectivity index (χ3v) is 5.78. The minimum absolute atomic E-state index is 0.0148. The van der Waals surface area contributed by atoms with Crippen LogP contribution >= 0.6 is 0 Å². The number of non-ortho nitro benzene ring substituents is 1. The van der Waals surface area contributed by atoms with Crippen LogP contribution in [0.1, 0.15) is 23.5 Å². The van der Waals surface area contributed by atoms with E-state index in [1.54, 1.807) is 23.9 Å². The van der Waals surface area contributed by atoms with Crippen molar-refractivity contribution in [3.05, 3.63) is 100 Å². The summed E-state index contributed by atoms with van der Waals surface area (Å²) in [6.45, 7) is 0. The molecule has 8 heteroatoms. The molecule has 0 fully saturated rings. The van der Waals surface area contributed by atoms with E-state index in [1.165, 1.54) is 12.1 Å². The van der Waals surface area contributed by atoms with Crippen LogP contribution in [0.15, 0.2) is 78.9 Å². The van der Waals surface area contributed by atoms with Crippen LogP contribution in [0.25, 0.3) is 16.9 Å². The summed E-state index contributed by atoms with van der Waals surface area (Å²) in [5, 5.41) is 18.9. The predicted molar refractivity (Wildman–Crippen MR) is 124 cm³/mol. The van der Waals surface area contributed by atoms with Gasteiger partial charge in [-0.25, -0.2) is 4.68 Å². The maximum Gasteiger partial charge on any atom is 0.269 e. The summed E-state index contributed by atoms with van der Waals surface area (Å²) in [7, 11) is 1.61. The van der Waals surface area contributed by atoms with Crippen molar-refractivity contribution < 1.29 is 14.5 Å². The van der Waals surface area contributed by atoms with Crippen LogP contribution in [-0.4, -0.2) is 27.7 Å². The molecule has 1 aromatic heterocycles.